The summed E-state index contributed by atoms with van der Waals surface area (Å²) in [5.41, 5.74) is 1.30. The van der Waals surface area contributed by atoms with Crippen LogP contribution >= 0.6 is 0 Å². The number of amides is 2. The van der Waals surface area contributed by atoms with Gasteiger partial charge in [-0.05, 0) is 17.7 Å². The van der Waals surface area contributed by atoms with Crippen LogP contribution in [0.4, 0.5) is 0 Å². The number of carbonyl (C=O) groups excluding carboxylic acids is 2. The van der Waals surface area contributed by atoms with Crippen LogP contribution in [0.15, 0.2) is 24.3 Å². The first-order valence-corrected chi connectivity index (χ1v) is 5.46. The standard InChI is InChI=1S/C12H14N2O3/c15-8-9-1-3-10(4-2-9)12(17)14-6-5-13-11(16)7-14/h1-4,15H,5-8H2,(H,13,16). The smallest absolute Gasteiger partial charge is 0.254 e. The van der Waals surface area contributed by atoms with Crippen LogP contribution in [0.3, 0.4) is 0 Å². The lowest BCUT2D eigenvalue weighted by Gasteiger charge is -2.26. The van der Waals surface area contributed by atoms with E-state index in [0.717, 1.165) is 5.56 Å². The lowest BCUT2D eigenvalue weighted by Crippen LogP contribution is -2.49. The molecule has 2 N–H and O–H groups in total. The number of carbonyl (C=O) groups is 2. The number of hydrogen-bond acceptors (Lipinski definition) is 3. The van der Waals surface area contributed by atoms with E-state index in [1.165, 1.54) is 4.90 Å². The molecule has 1 aliphatic rings. The molecule has 0 aliphatic carbocycles. The number of nitrogens with one attached hydrogen (secondary N) is 1. The average molecular weight is 234 g/mol. The maximum absolute atomic E-state index is 12.0. The molecule has 1 fully saturated rings. The summed E-state index contributed by atoms with van der Waals surface area (Å²) in [6, 6.07) is 6.75. The summed E-state index contributed by atoms with van der Waals surface area (Å²) >= 11 is 0. The Hall–Kier alpha value is -1.88. The number of piperazine rings is 1. The highest BCUT2D eigenvalue weighted by molar-refractivity contribution is 5.97. The quantitative estimate of drug-likeness (QED) is 0.741. The average Bonchev–Trinajstić information content (AvgIpc) is 2.38. The van der Waals surface area contributed by atoms with Gasteiger partial charge < -0.3 is 15.3 Å². The molecular weight excluding hydrogens is 220 g/mol. The summed E-state index contributed by atoms with van der Waals surface area (Å²) in [6.07, 6.45) is 0. The Balaban J connectivity index is 2.10. The van der Waals surface area contributed by atoms with Crippen molar-refractivity contribution in [2.75, 3.05) is 19.6 Å². The summed E-state index contributed by atoms with van der Waals surface area (Å²) in [7, 11) is 0. The third kappa shape index (κ3) is 2.62. The van der Waals surface area contributed by atoms with E-state index >= 15 is 0 Å². The zero-order valence-corrected chi connectivity index (χ0v) is 9.35. The van der Waals surface area contributed by atoms with Crippen LogP contribution in [0.5, 0.6) is 0 Å². The van der Waals surface area contributed by atoms with E-state index in [4.69, 9.17) is 5.11 Å². The minimum Gasteiger partial charge on any atom is -0.392 e. The molecular formula is C12H14N2O3. The predicted octanol–water partition coefficient (Wildman–Crippen LogP) is -0.249. The van der Waals surface area contributed by atoms with Crippen molar-refractivity contribution >= 4 is 11.8 Å². The maximum atomic E-state index is 12.0. The molecule has 0 atom stereocenters. The highest BCUT2D eigenvalue weighted by atomic mass is 16.3. The van der Waals surface area contributed by atoms with E-state index in [1.807, 2.05) is 0 Å². The van der Waals surface area contributed by atoms with Crippen molar-refractivity contribution in [1.82, 2.24) is 10.2 Å². The fraction of sp³-hybridized carbons (Fsp3) is 0.333. The molecule has 0 spiro atoms. The van der Waals surface area contributed by atoms with E-state index < -0.39 is 0 Å². The Morgan fingerprint density at radius 2 is 2.06 bits per heavy atom. The van der Waals surface area contributed by atoms with Gasteiger partial charge in [0, 0.05) is 18.7 Å². The fourth-order valence-electron chi connectivity index (χ4n) is 1.75. The summed E-state index contributed by atoms with van der Waals surface area (Å²) < 4.78 is 0. The van der Waals surface area contributed by atoms with Crippen molar-refractivity contribution in [3.05, 3.63) is 35.4 Å². The number of nitrogens with zero attached hydrogens (tertiary/aromatic N) is 1. The van der Waals surface area contributed by atoms with Crippen molar-refractivity contribution in [2.45, 2.75) is 6.61 Å². The molecule has 1 aliphatic heterocycles. The van der Waals surface area contributed by atoms with Gasteiger partial charge in [0.2, 0.25) is 5.91 Å². The van der Waals surface area contributed by atoms with Crippen molar-refractivity contribution < 1.29 is 14.7 Å². The van der Waals surface area contributed by atoms with Crippen LogP contribution in [0.1, 0.15) is 15.9 Å². The van der Waals surface area contributed by atoms with Gasteiger partial charge in [0.05, 0.1) is 13.2 Å². The normalized spacial score (nSPS) is 15.6. The predicted molar refractivity (Wildman–Crippen MR) is 61.3 cm³/mol. The minimum absolute atomic E-state index is 0.0411. The van der Waals surface area contributed by atoms with Gasteiger partial charge in [0.15, 0.2) is 0 Å². The van der Waals surface area contributed by atoms with E-state index in [1.54, 1.807) is 24.3 Å². The van der Waals surface area contributed by atoms with Gasteiger partial charge in [0.1, 0.15) is 0 Å². The Kier molecular flexibility index (Phi) is 3.39. The second-order valence-corrected chi connectivity index (χ2v) is 3.93. The number of benzene rings is 1. The first-order chi connectivity index (χ1) is 8.20. The topological polar surface area (TPSA) is 69.6 Å². The monoisotopic (exact) mass is 234 g/mol. The van der Waals surface area contributed by atoms with Crippen molar-refractivity contribution in [3.63, 3.8) is 0 Å². The van der Waals surface area contributed by atoms with Crippen molar-refractivity contribution in [3.8, 4) is 0 Å². The fourth-order valence-corrected chi connectivity index (χ4v) is 1.75. The van der Waals surface area contributed by atoms with E-state index in [2.05, 4.69) is 5.32 Å². The molecule has 5 nitrogen and oxygen atoms in total. The molecule has 2 amide bonds. The molecule has 5 heteroatoms. The van der Waals surface area contributed by atoms with E-state index in [9.17, 15) is 9.59 Å². The van der Waals surface area contributed by atoms with Gasteiger partial charge in [-0.3, -0.25) is 9.59 Å². The van der Waals surface area contributed by atoms with Gasteiger partial charge in [-0.25, -0.2) is 0 Å². The van der Waals surface area contributed by atoms with E-state index in [0.29, 0.717) is 18.7 Å². The third-order valence-corrected chi connectivity index (χ3v) is 2.71. The molecule has 0 radical (unpaired) electrons. The van der Waals surface area contributed by atoms with Gasteiger partial charge in [-0.2, -0.15) is 0 Å². The molecule has 1 aromatic rings. The molecule has 17 heavy (non-hydrogen) atoms. The minimum atomic E-state index is -0.149. The highest BCUT2D eigenvalue weighted by Gasteiger charge is 2.21. The summed E-state index contributed by atoms with van der Waals surface area (Å²) in [5.74, 6) is -0.277. The summed E-state index contributed by atoms with van der Waals surface area (Å²) in [6.45, 7) is 1.10. The van der Waals surface area contributed by atoms with Crippen LogP contribution < -0.4 is 5.32 Å². The first kappa shape index (κ1) is 11.6. The molecule has 90 valence electrons. The molecule has 1 saturated heterocycles. The molecule has 0 aromatic heterocycles. The Bertz CT molecular complexity index is 428. The Morgan fingerprint density at radius 3 is 2.65 bits per heavy atom. The number of aliphatic hydroxyl groups is 1. The van der Waals surface area contributed by atoms with Gasteiger partial charge in [-0.1, -0.05) is 12.1 Å². The Morgan fingerprint density at radius 1 is 1.35 bits per heavy atom. The molecule has 0 saturated carbocycles. The SMILES string of the molecule is O=C1CN(C(=O)c2ccc(CO)cc2)CCN1. The largest absolute Gasteiger partial charge is 0.392 e. The van der Waals surface area contributed by atoms with Gasteiger partial charge in [0.25, 0.3) is 5.91 Å². The lowest BCUT2D eigenvalue weighted by molar-refractivity contribution is -0.123. The zero-order chi connectivity index (χ0) is 12.3. The number of rotatable bonds is 2. The second kappa shape index (κ2) is 4.97. The molecule has 0 bridgehead atoms. The van der Waals surface area contributed by atoms with Crippen molar-refractivity contribution in [1.29, 1.82) is 0 Å². The Labute approximate surface area is 99.0 Å². The summed E-state index contributed by atoms with van der Waals surface area (Å²) in [5, 5.41) is 11.6. The van der Waals surface area contributed by atoms with Crippen LogP contribution in [0.25, 0.3) is 0 Å². The molecule has 1 heterocycles. The van der Waals surface area contributed by atoms with Crippen LogP contribution in [0, 0.1) is 0 Å². The van der Waals surface area contributed by atoms with Crippen LogP contribution in [0.2, 0.25) is 0 Å². The molecule has 1 aromatic carbocycles. The number of hydrogen-bond donors (Lipinski definition) is 2. The molecule has 2 rings (SSSR count). The lowest BCUT2D eigenvalue weighted by atomic mass is 10.1. The van der Waals surface area contributed by atoms with Gasteiger partial charge >= 0.3 is 0 Å². The van der Waals surface area contributed by atoms with Crippen molar-refractivity contribution in [2.24, 2.45) is 0 Å². The third-order valence-electron chi connectivity index (χ3n) is 2.71. The second-order valence-electron chi connectivity index (χ2n) is 3.93. The maximum Gasteiger partial charge on any atom is 0.254 e. The van der Waals surface area contributed by atoms with Crippen LogP contribution in [-0.2, 0) is 11.4 Å². The highest BCUT2D eigenvalue weighted by Crippen LogP contribution is 2.08. The van der Waals surface area contributed by atoms with Crippen LogP contribution in [-0.4, -0.2) is 41.5 Å². The zero-order valence-electron chi connectivity index (χ0n) is 9.35. The summed E-state index contributed by atoms with van der Waals surface area (Å²) in [4.78, 5) is 24.7. The van der Waals surface area contributed by atoms with Gasteiger partial charge in [-0.15, -0.1) is 0 Å². The molecule has 0 unspecified atom stereocenters. The number of aliphatic hydroxyl groups excluding tert-OH is 1. The van der Waals surface area contributed by atoms with E-state index in [-0.39, 0.29) is 25.0 Å². The first-order valence-electron chi connectivity index (χ1n) is 5.46.